The van der Waals surface area contributed by atoms with Crippen LogP contribution in [-0.4, -0.2) is 37.0 Å². The van der Waals surface area contributed by atoms with Crippen molar-refractivity contribution in [3.63, 3.8) is 0 Å². The molecule has 1 amide bonds. The molecule has 14 heavy (non-hydrogen) atoms. The lowest BCUT2D eigenvalue weighted by Gasteiger charge is -2.25. The highest BCUT2D eigenvalue weighted by molar-refractivity contribution is 5.74. The normalized spacial score (nSPS) is 16.1. The van der Waals surface area contributed by atoms with Gasteiger partial charge >= 0.3 is 6.09 Å². The highest BCUT2D eigenvalue weighted by Gasteiger charge is 2.17. The molecule has 78 valence electrons. The third kappa shape index (κ3) is 3.20. The van der Waals surface area contributed by atoms with Crippen LogP contribution in [0.2, 0.25) is 0 Å². The van der Waals surface area contributed by atoms with Crippen molar-refractivity contribution in [3.8, 4) is 0 Å². The fraction of sp³-hybridized carbons (Fsp3) is 0.600. The number of ether oxygens (including phenoxy) is 1. The van der Waals surface area contributed by atoms with Gasteiger partial charge in [0, 0.05) is 18.7 Å². The van der Waals surface area contributed by atoms with E-state index in [1.165, 1.54) is 6.42 Å². The number of hydrogen-bond donors (Lipinski definition) is 0. The second-order valence-electron chi connectivity index (χ2n) is 3.38. The van der Waals surface area contributed by atoms with Gasteiger partial charge in [0.15, 0.2) is 0 Å². The fourth-order valence-corrected chi connectivity index (χ4v) is 1.36. The van der Waals surface area contributed by atoms with Gasteiger partial charge in [-0.15, -0.1) is 0 Å². The van der Waals surface area contributed by atoms with Gasteiger partial charge in [-0.1, -0.05) is 6.58 Å². The van der Waals surface area contributed by atoms with Gasteiger partial charge in [-0.05, 0) is 19.3 Å². The van der Waals surface area contributed by atoms with E-state index in [1.807, 2.05) is 0 Å². The maximum atomic E-state index is 11.4. The van der Waals surface area contributed by atoms with Gasteiger partial charge in [0.25, 0.3) is 0 Å². The molecule has 0 saturated carbocycles. The number of hydrogen-bond acceptors (Lipinski definition) is 3. The monoisotopic (exact) mass is 197 g/mol. The van der Waals surface area contributed by atoms with Crippen molar-refractivity contribution in [2.75, 3.05) is 19.7 Å². The van der Waals surface area contributed by atoms with Gasteiger partial charge in [0.1, 0.15) is 12.9 Å². The van der Waals surface area contributed by atoms with Crippen molar-refractivity contribution in [2.45, 2.75) is 19.3 Å². The summed E-state index contributed by atoms with van der Waals surface area (Å²) in [6.45, 7) is 4.94. The number of piperidine rings is 1. The van der Waals surface area contributed by atoms with Crippen LogP contribution in [0.4, 0.5) is 4.79 Å². The summed E-state index contributed by atoms with van der Waals surface area (Å²) in [5.41, 5.74) is 0.287. The van der Waals surface area contributed by atoms with E-state index >= 15 is 0 Å². The molecule has 0 N–H and O–H groups in total. The summed E-state index contributed by atoms with van der Waals surface area (Å²) in [4.78, 5) is 23.2. The SMILES string of the molecule is C=C(C=O)COC(=O)N1CCCCC1. The van der Waals surface area contributed by atoms with Crippen LogP contribution >= 0.6 is 0 Å². The van der Waals surface area contributed by atoms with Crippen LogP contribution < -0.4 is 0 Å². The first-order chi connectivity index (χ1) is 6.74. The minimum atomic E-state index is -0.340. The number of nitrogens with zero attached hydrogens (tertiary/aromatic N) is 1. The highest BCUT2D eigenvalue weighted by atomic mass is 16.6. The van der Waals surface area contributed by atoms with Crippen LogP contribution in [0, 0.1) is 0 Å². The summed E-state index contributed by atoms with van der Waals surface area (Å²) < 4.78 is 4.89. The predicted molar refractivity (Wildman–Crippen MR) is 52.0 cm³/mol. The van der Waals surface area contributed by atoms with Crippen molar-refractivity contribution >= 4 is 12.4 Å². The minimum absolute atomic E-state index is 0.00116. The molecule has 0 aromatic heterocycles. The summed E-state index contributed by atoms with van der Waals surface area (Å²) >= 11 is 0. The molecule has 1 fully saturated rings. The Morgan fingerprint density at radius 1 is 1.36 bits per heavy atom. The highest BCUT2D eigenvalue weighted by Crippen LogP contribution is 2.09. The molecule has 4 heteroatoms. The Morgan fingerprint density at radius 3 is 2.57 bits per heavy atom. The van der Waals surface area contributed by atoms with Crippen LogP contribution in [-0.2, 0) is 9.53 Å². The lowest BCUT2D eigenvalue weighted by molar-refractivity contribution is -0.105. The third-order valence-corrected chi connectivity index (χ3v) is 2.16. The Balaban J connectivity index is 2.26. The summed E-state index contributed by atoms with van der Waals surface area (Å²) in [6.07, 6.45) is 3.49. The standard InChI is InChI=1S/C10H15NO3/c1-9(7-12)8-14-10(13)11-5-3-2-4-6-11/h7H,1-6,8H2. The van der Waals surface area contributed by atoms with Crippen LogP contribution in [0.3, 0.4) is 0 Å². The second kappa shape index (κ2) is 5.42. The smallest absolute Gasteiger partial charge is 0.410 e. The Bertz CT molecular complexity index is 232. The summed E-state index contributed by atoms with van der Waals surface area (Å²) in [7, 11) is 0. The van der Waals surface area contributed by atoms with Gasteiger partial charge in [0.2, 0.25) is 0 Å². The van der Waals surface area contributed by atoms with E-state index in [0.29, 0.717) is 6.29 Å². The molecule has 0 radical (unpaired) electrons. The largest absolute Gasteiger partial charge is 0.444 e. The fourth-order valence-electron chi connectivity index (χ4n) is 1.36. The molecule has 1 rings (SSSR count). The van der Waals surface area contributed by atoms with Gasteiger partial charge < -0.3 is 9.64 Å². The maximum absolute atomic E-state index is 11.4. The zero-order valence-corrected chi connectivity index (χ0v) is 8.20. The topological polar surface area (TPSA) is 46.6 Å². The van der Waals surface area contributed by atoms with Crippen molar-refractivity contribution < 1.29 is 14.3 Å². The number of carbonyl (C=O) groups excluding carboxylic acids is 2. The Kier molecular flexibility index (Phi) is 4.16. The van der Waals surface area contributed by atoms with Crippen LogP contribution in [0.5, 0.6) is 0 Å². The second-order valence-corrected chi connectivity index (χ2v) is 3.38. The first-order valence-corrected chi connectivity index (χ1v) is 4.78. The van der Waals surface area contributed by atoms with E-state index in [1.54, 1.807) is 4.90 Å². The number of likely N-dealkylation sites (tertiary alicyclic amines) is 1. The Labute approximate surface area is 83.5 Å². The lowest BCUT2D eigenvalue weighted by Crippen LogP contribution is -2.36. The van der Waals surface area contributed by atoms with Crippen LogP contribution in [0.15, 0.2) is 12.2 Å². The zero-order valence-electron chi connectivity index (χ0n) is 8.20. The minimum Gasteiger partial charge on any atom is -0.444 e. The van der Waals surface area contributed by atoms with E-state index < -0.39 is 0 Å². The van der Waals surface area contributed by atoms with Crippen molar-refractivity contribution in [2.24, 2.45) is 0 Å². The van der Waals surface area contributed by atoms with E-state index in [0.717, 1.165) is 25.9 Å². The molecule has 0 unspecified atom stereocenters. The third-order valence-electron chi connectivity index (χ3n) is 2.16. The molecule has 1 aliphatic heterocycles. The molecule has 0 aromatic rings. The molecule has 1 saturated heterocycles. The van der Waals surface area contributed by atoms with E-state index in [-0.39, 0.29) is 18.3 Å². The molecule has 4 nitrogen and oxygen atoms in total. The Morgan fingerprint density at radius 2 is 2.00 bits per heavy atom. The van der Waals surface area contributed by atoms with Gasteiger partial charge in [0.05, 0.1) is 0 Å². The average molecular weight is 197 g/mol. The van der Waals surface area contributed by atoms with Crippen molar-refractivity contribution in [3.05, 3.63) is 12.2 Å². The number of amides is 1. The molecule has 0 aromatic carbocycles. The quantitative estimate of drug-likeness (QED) is 0.507. The average Bonchev–Trinajstić information content (AvgIpc) is 2.26. The maximum Gasteiger partial charge on any atom is 0.410 e. The van der Waals surface area contributed by atoms with Gasteiger partial charge in [-0.2, -0.15) is 0 Å². The van der Waals surface area contributed by atoms with Gasteiger partial charge in [-0.25, -0.2) is 4.79 Å². The number of rotatable bonds is 3. The van der Waals surface area contributed by atoms with E-state index in [9.17, 15) is 9.59 Å². The zero-order chi connectivity index (χ0) is 10.4. The molecular weight excluding hydrogens is 182 g/mol. The number of carbonyl (C=O) groups is 2. The molecule has 0 bridgehead atoms. The first kappa shape index (κ1) is 10.8. The van der Waals surface area contributed by atoms with Crippen LogP contribution in [0.25, 0.3) is 0 Å². The molecule has 0 spiro atoms. The van der Waals surface area contributed by atoms with Crippen molar-refractivity contribution in [1.29, 1.82) is 0 Å². The molecule has 1 heterocycles. The number of aldehydes is 1. The molecular formula is C10H15NO3. The van der Waals surface area contributed by atoms with E-state index in [2.05, 4.69) is 6.58 Å². The van der Waals surface area contributed by atoms with Crippen LogP contribution in [0.1, 0.15) is 19.3 Å². The Hall–Kier alpha value is -1.32. The summed E-state index contributed by atoms with van der Waals surface area (Å²) in [5.74, 6) is 0. The predicted octanol–water partition coefficient (Wildman–Crippen LogP) is 1.36. The first-order valence-electron chi connectivity index (χ1n) is 4.78. The molecule has 0 atom stereocenters. The van der Waals surface area contributed by atoms with E-state index in [4.69, 9.17) is 4.74 Å². The lowest BCUT2D eigenvalue weighted by atomic mass is 10.1. The van der Waals surface area contributed by atoms with Crippen molar-refractivity contribution in [1.82, 2.24) is 4.90 Å². The molecule has 1 aliphatic rings. The van der Waals surface area contributed by atoms with Gasteiger partial charge in [-0.3, -0.25) is 4.79 Å². The summed E-state index contributed by atoms with van der Waals surface area (Å²) in [5, 5.41) is 0. The molecule has 0 aliphatic carbocycles. The summed E-state index contributed by atoms with van der Waals surface area (Å²) in [6, 6.07) is 0.